The van der Waals surface area contributed by atoms with Crippen LogP contribution in [0.1, 0.15) is 90.9 Å². The van der Waals surface area contributed by atoms with E-state index in [0.29, 0.717) is 5.82 Å². The molecule has 0 spiro atoms. The second-order valence-electron chi connectivity index (χ2n) is 13.8. The fraction of sp³-hybridized carbons (Fsp3) is 0.857. The van der Waals surface area contributed by atoms with Crippen molar-refractivity contribution in [1.29, 1.82) is 0 Å². The molecule has 5 nitrogen and oxygen atoms in total. The molecule has 8 aliphatic rings. The number of rotatable bonds is 8. The van der Waals surface area contributed by atoms with Gasteiger partial charge in [0, 0.05) is 12.1 Å². The topological polar surface area (TPSA) is 67.2 Å². The maximum Gasteiger partial charge on any atom is 0.329 e. The van der Waals surface area contributed by atoms with E-state index in [0.717, 1.165) is 35.5 Å². The summed E-state index contributed by atoms with van der Waals surface area (Å²) in [5, 5.41) is 19.5. The van der Waals surface area contributed by atoms with Crippen LogP contribution in [-0.4, -0.2) is 17.0 Å². The van der Waals surface area contributed by atoms with Gasteiger partial charge in [-0.1, -0.05) is 34.8 Å². The zero-order chi connectivity index (χ0) is 25.4. The van der Waals surface area contributed by atoms with Gasteiger partial charge >= 0.3 is 5.70 Å². The second kappa shape index (κ2) is 9.23. The maximum atomic E-state index is 12.4. The van der Waals surface area contributed by atoms with Crippen LogP contribution in [0.2, 0.25) is 0 Å². The fourth-order valence-electron chi connectivity index (χ4n) is 10.7. The average Bonchev–Trinajstić information content (AvgIpc) is 2.76. The smallest absolute Gasteiger partial charge is 0.329 e. The van der Waals surface area contributed by atoms with E-state index in [9.17, 15) is 10.1 Å². The molecular formula is C28H40Cl3N3O2. The molecule has 8 saturated carbocycles. The maximum absolute atomic E-state index is 12.4. The van der Waals surface area contributed by atoms with Crippen molar-refractivity contribution in [2.45, 2.75) is 103 Å². The van der Waals surface area contributed by atoms with Crippen LogP contribution in [0.15, 0.2) is 21.0 Å². The molecular weight excluding hydrogens is 517 g/mol. The van der Waals surface area contributed by atoms with Crippen LogP contribution < -0.4 is 10.6 Å². The van der Waals surface area contributed by atoms with Crippen LogP contribution in [0.5, 0.6) is 0 Å². The van der Waals surface area contributed by atoms with Crippen molar-refractivity contribution in [1.82, 2.24) is 10.6 Å². The Bertz CT molecular complexity index is 864. The van der Waals surface area contributed by atoms with Crippen LogP contribution in [0, 0.1) is 56.5 Å². The Morgan fingerprint density at radius 2 is 1.03 bits per heavy atom. The normalized spacial score (nSPS) is 43.1. The van der Waals surface area contributed by atoms with Gasteiger partial charge in [-0.25, -0.2) is 0 Å². The van der Waals surface area contributed by atoms with Crippen LogP contribution in [0.3, 0.4) is 0 Å². The highest BCUT2D eigenvalue weighted by molar-refractivity contribution is 6.59. The molecule has 0 heterocycles. The van der Waals surface area contributed by atoms with Crippen molar-refractivity contribution in [3.8, 4) is 0 Å². The highest BCUT2D eigenvalue weighted by Gasteiger charge is 2.55. The van der Waals surface area contributed by atoms with Gasteiger partial charge in [0.1, 0.15) is 4.49 Å². The van der Waals surface area contributed by atoms with Gasteiger partial charge in [-0.3, -0.25) is 10.1 Å². The third-order valence-corrected chi connectivity index (χ3v) is 12.5. The largest absolute Gasteiger partial charge is 0.363 e. The molecule has 0 aromatic heterocycles. The number of nitrogens with one attached hydrogen (secondary N) is 2. The molecule has 8 rings (SSSR count). The highest BCUT2D eigenvalue weighted by Crippen LogP contribution is 2.62. The van der Waals surface area contributed by atoms with Crippen LogP contribution in [-0.2, 0) is 0 Å². The quantitative estimate of drug-likeness (QED) is 0.182. The predicted octanol–water partition coefficient (Wildman–Crippen LogP) is 7.71. The SMILES string of the molecule is C[C@@H](NC(N[C@H](C)C12CC3CC(CC(C3)C1)C2)=C(C(Cl)=C(Cl)Cl)[N+](=O)[O-])C12CC3CC(CC(C3)C1)C2. The van der Waals surface area contributed by atoms with Gasteiger partial charge in [-0.2, -0.15) is 0 Å². The lowest BCUT2D eigenvalue weighted by molar-refractivity contribution is -0.421. The van der Waals surface area contributed by atoms with Gasteiger partial charge in [0.2, 0.25) is 0 Å². The molecule has 0 aromatic carbocycles. The molecule has 8 aliphatic carbocycles. The number of hydrogen-bond donors (Lipinski definition) is 2. The Kier molecular flexibility index (Phi) is 6.57. The van der Waals surface area contributed by atoms with Gasteiger partial charge < -0.3 is 10.6 Å². The molecule has 0 unspecified atom stereocenters. The van der Waals surface area contributed by atoms with E-state index in [-0.39, 0.29) is 38.1 Å². The van der Waals surface area contributed by atoms with Crippen molar-refractivity contribution in [2.75, 3.05) is 0 Å². The molecule has 2 N–H and O–H groups in total. The number of nitrogens with zero attached hydrogens (tertiary/aromatic N) is 1. The first-order chi connectivity index (χ1) is 17.1. The zero-order valence-corrected chi connectivity index (χ0v) is 23.8. The monoisotopic (exact) mass is 555 g/mol. The van der Waals surface area contributed by atoms with Crippen molar-refractivity contribution < 1.29 is 4.92 Å². The summed E-state index contributed by atoms with van der Waals surface area (Å²) in [7, 11) is 0. The zero-order valence-electron chi connectivity index (χ0n) is 21.5. The van der Waals surface area contributed by atoms with E-state index in [1.807, 2.05) is 0 Å². The first-order valence-corrected chi connectivity index (χ1v) is 15.3. The van der Waals surface area contributed by atoms with Gasteiger partial charge in [-0.05, 0) is 137 Å². The van der Waals surface area contributed by atoms with Crippen LogP contribution in [0.4, 0.5) is 0 Å². The summed E-state index contributed by atoms with van der Waals surface area (Å²) in [6, 6.07) is 0.205. The van der Waals surface area contributed by atoms with E-state index < -0.39 is 4.92 Å². The van der Waals surface area contributed by atoms with Crippen molar-refractivity contribution >= 4 is 34.8 Å². The Morgan fingerprint density at radius 1 is 0.722 bits per heavy atom. The van der Waals surface area contributed by atoms with E-state index in [1.165, 1.54) is 77.0 Å². The molecule has 0 aliphatic heterocycles. The standard InChI is InChI=1S/C28H40Cl3N3O2/c1-15(27-9-17-3-18(10-27)5-19(4-17)11-27)32-26(24(34(35)36)23(29)25(30)31)33-16(2)28-12-20-6-21(13-28)8-22(7-20)14-28/h15-22,32-33H,3-14H2,1-2H3/t15-,16-,17?,18?,19?,20?,21?,22?,27?,28?/m1/s1. The molecule has 8 bridgehead atoms. The summed E-state index contributed by atoms with van der Waals surface area (Å²) < 4.78 is -0.269. The third-order valence-electron chi connectivity index (χ3n) is 11.5. The number of hydrogen-bond acceptors (Lipinski definition) is 4. The first kappa shape index (κ1) is 25.6. The van der Waals surface area contributed by atoms with Crippen molar-refractivity contribution in [3.05, 3.63) is 31.2 Å². The van der Waals surface area contributed by atoms with E-state index in [4.69, 9.17) is 34.8 Å². The Labute approximate surface area is 230 Å². The van der Waals surface area contributed by atoms with E-state index in [1.54, 1.807) is 0 Å². The van der Waals surface area contributed by atoms with Crippen molar-refractivity contribution in [2.24, 2.45) is 46.3 Å². The minimum atomic E-state index is -0.429. The summed E-state index contributed by atoms with van der Waals surface area (Å²) in [5.74, 6) is 5.25. The fourth-order valence-corrected chi connectivity index (χ4v) is 11.0. The van der Waals surface area contributed by atoms with Crippen LogP contribution >= 0.6 is 34.8 Å². The van der Waals surface area contributed by atoms with Gasteiger partial charge in [-0.15, -0.1) is 0 Å². The Morgan fingerprint density at radius 3 is 1.28 bits per heavy atom. The Hall–Kier alpha value is -0.650. The molecule has 0 amide bonds. The summed E-state index contributed by atoms with van der Waals surface area (Å²) in [4.78, 5) is 11.9. The highest BCUT2D eigenvalue weighted by atomic mass is 35.5. The van der Waals surface area contributed by atoms with E-state index >= 15 is 0 Å². The molecule has 8 heteroatoms. The lowest BCUT2D eigenvalue weighted by atomic mass is 9.48. The predicted molar refractivity (Wildman–Crippen MR) is 145 cm³/mol. The number of halogens is 3. The third kappa shape index (κ3) is 4.37. The molecule has 8 fully saturated rings. The number of nitro groups is 1. The molecule has 0 radical (unpaired) electrons. The molecule has 0 saturated heterocycles. The lowest BCUT2D eigenvalue weighted by Gasteiger charge is -2.60. The Balaban J connectivity index is 1.31. The number of allylic oxidation sites excluding steroid dienone is 1. The summed E-state index contributed by atoms with van der Waals surface area (Å²) in [5.41, 5.74) is 0.146. The van der Waals surface area contributed by atoms with Gasteiger partial charge in [0.05, 0.1) is 4.92 Å². The summed E-state index contributed by atoms with van der Waals surface area (Å²) >= 11 is 18.4. The molecule has 36 heavy (non-hydrogen) atoms. The van der Waals surface area contributed by atoms with Crippen LogP contribution in [0.25, 0.3) is 0 Å². The van der Waals surface area contributed by atoms with E-state index in [2.05, 4.69) is 24.5 Å². The summed E-state index contributed by atoms with van der Waals surface area (Å²) in [6.07, 6.45) is 15.5. The van der Waals surface area contributed by atoms with Gasteiger partial charge in [0.15, 0.2) is 10.9 Å². The second-order valence-corrected chi connectivity index (χ2v) is 15.2. The average molecular weight is 557 g/mol. The lowest BCUT2D eigenvalue weighted by Crippen LogP contribution is -2.58. The van der Waals surface area contributed by atoms with Gasteiger partial charge in [0.25, 0.3) is 0 Å². The van der Waals surface area contributed by atoms with Crippen molar-refractivity contribution in [3.63, 3.8) is 0 Å². The molecule has 0 aromatic rings. The molecule has 200 valence electrons. The minimum absolute atomic E-state index is 0.102. The molecule has 2 atom stereocenters. The minimum Gasteiger partial charge on any atom is -0.363 e. The summed E-state index contributed by atoms with van der Waals surface area (Å²) in [6.45, 7) is 4.45. The first-order valence-electron chi connectivity index (χ1n) is 14.2.